The van der Waals surface area contributed by atoms with Gasteiger partial charge in [-0.15, -0.1) is 0 Å². The van der Waals surface area contributed by atoms with Gasteiger partial charge >= 0.3 is 0 Å². The van der Waals surface area contributed by atoms with Gasteiger partial charge in [0.2, 0.25) is 0 Å². The average Bonchev–Trinajstić information content (AvgIpc) is 2.82. The molecule has 3 rings (SSSR count). The zero-order valence-corrected chi connectivity index (χ0v) is 18.5. The number of halogens is 1. The van der Waals surface area contributed by atoms with Gasteiger partial charge < -0.3 is 10.1 Å². The topological polar surface area (TPSA) is 105 Å². The molecule has 7 nitrogen and oxygen atoms in total. The maximum Gasteiger partial charge on any atom is 0.269 e. The highest BCUT2D eigenvalue weighted by Crippen LogP contribution is 2.27. The van der Waals surface area contributed by atoms with Crippen LogP contribution in [0.25, 0.3) is 6.08 Å². The van der Waals surface area contributed by atoms with Crippen LogP contribution in [-0.2, 0) is 17.8 Å². The lowest BCUT2D eigenvalue weighted by molar-refractivity contribution is -0.384. The number of rotatable bonds is 8. The van der Waals surface area contributed by atoms with Crippen LogP contribution in [0.2, 0.25) is 5.02 Å². The van der Waals surface area contributed by atoms with Gasteiger partial charge in [0.1, 0.15) is 24.0 Å². The van der Waals surface area contributed by atoms with E-state index in [1.54, 1.807) is 42.5 Å². The zero-order valence-electron chi connectivity index (χ0n) is 17.7. The molecule has 0 aliphatic rings. The number of nitro groups is 1. The van der Waals surface area contributed by atoms with Crippen LogP contribution in [-0.4, -0.2) is 10.8 Å². The SMILES string of the molecule is CCc1ccc(NC(=O)/C(C#N)=C/c2cc(Cl)ccc2OCc2ccc([N+](=O)[O-])cc2)cc1. The molecule has 0 atom stereocenters. The number of carbonyl (C=O) groups is 1. The van der Waals surface area contributed by atoms with Crippen LogP contribution < -0.4 is 10.1 Å². The van der Waals surface area contributed by atoms with Gasteiger partial charge in [0, 0.05) is 28.4 Å². The van der Waals surface area contributed by atoms with Gasteiger partial charge in [0.05, 0.1) is 4.92 Å². The number of ether oxygens (including phenoxy) is 1. The molecule has 3 aromatic carbocycles. The Morgan fingerprint density at radius 2 is 1.79 bits per heavy atom. The van der Waals surface area contributed by atoms with Crippen molar-refractivity contribution >= 4 is 35.0 Å². The van der Waals surface area contributed by atoms with E-state index in [-0.39, 0.29) is 17.9 Å². The molecule has 1 amide bonds. The Morgan fingerprint density at radius 1 is 1.12 bits per heavy atom. The fourth-order valence-corrected chi connectivity index (χ4v) is 3.15. The Morgan fingerprint density at radius 3 is 2.39 bits per heavy atom. The Bertz CT molecular complexity index is 1230. The van der Waals surface area contributed by atoms with Crippen LogP contribution in [0.4, 0.5) is 11.4 Å². The summed E-state index contributed by atoms with van der Waals surface area (Å²) in [5.41, 5.74) is 2.77. The summed E-state index contributed by atoms with van der Waals surface area (Å²) in [6.45, 7) is 2.18. The molecule has 0 fully saturated rings. The molecule has 0 aliphatic carbocycles. The third kappa shape index (κ3) is 6.42. The van der Waals surface area contributed by atoms with E-state index in [1.165, 1.54) is 18.2 Å². The van der Waals surface area contributed by atoms with E-state index in [1.807, 2.05) is 25.1 Å². The summed E-state index contributed by atoms with van der Waals surface area (Å²) < 4.78 is 5.83. The van der Waals surface area contributed by atoms with Gasteiger partial charge in [0.25, 0.3) is 11.6 Å². The van der Waals surface area contributed by atoms with Crippen molar-refractivity contribution < 1.29 is 14.5 Å². The Balaban J connectivity index is 1.78. The highest BCUT2D eigenvalue weighted by molar-refractivity contribution is 6.30. The molecule has 0 aliphatic heterocycles. The number of hydrogen-bond acceptors (Lipinski definition) is 5. The van der Waals surface area contributed by atoms with Crippen molar-refractivity contribution in [2.75, 3.05) is 5.32 Å². The summed E-state index contributed by atoms with van der Waals surface area (Å²) in [4.78, 5) is 23.0. The van der Waals surface area contributed by atoms with E-state index in [4.69, 9.17) is 16.3 Å². The lowest BCUT2D eigenvalue weighted by Crippen LogP contribution is -2.13. The van der Waals surface area contributed by atoms with Crippen molar-refractivity contribution in [2.24, 2.45) is 0 Å². The number of amides is 1. The second-order valence-corrected chi connectivity index (χ2v) is 7.51. The number of nitrogens with one attached hydrogen (secondary N) is 1. The van der Waals surface area contributed by atoms with Crippen molar-refractivity contribution in [2.45, 2.75) is 20.0 Å². The van der Waals surface area contributed by atoms with Gasteiger partial charge in [-0.05, 0) is 66.1 Å². The Hall–Kier alpha value is -4.15. The number of aryl methyl sites for hydroxylation is 1. The molecule has 8 heteroatoms. The molecule has 0 unspecified atom stereocenters. The first-order valence-electron chi connectivity index (χ1n) is 10.1. The highest BCUT2D eigenvalue weighted by Gasteiger charge is 2.13. The molecular formula is C25H20ClN3O4. The molecule has 3 aromatic rings. The summed E-state index contributed by atoms with van der Waals surface area (Å²) in [6, 6.07) is 20.1. The van der Waals surface area contributed by atoms with Gasteiger partial charge in [0.15, 0.2) is 0 Å². The predicted molar refractivity (Wildman–Crippen MR) is 127 cm³/mol. The van der Waals surface area contributed by atoms with E-state index in [9.17, 15) is 20.2 Å². The molecule has 0 spiro atoms. The molecule has 166 valence electrons. The number of nitro benzene ring substituents is 1. The quantitative estimate of drug-likeness (QED) is 0.193. The fraction of sp³-hybridized carbons (Fsp3) is 0.120. The second-order valence-electron chi connectivity index (χ2n) is 7.07. The summed E-state index contributed by atoms with van der Waals surface area (Å²) in [7, 11) is 0. The number of nitrogens with zero attached hydrogens (tertiary/aromatic N) is 2. The van der Waals surface area contributed by atoms with Gasteiger partial charge in [-0.3, -0.25) is 14.9 Å². The van der Waals surface area contributed by atoms with E-state index >= 15 is 0 Å². The summed E-state index contributed by atoms with van der Waals surface area (Å²) in [6.07, 6.45) is 2.29. The van der Waals surface area contributed by atoms with Gasteiger partial charge in [-0.1, -0.05) is 30.7 Å². The summed E-state index contributed by atoms with van der Waals surface area (Å²) in [5.74, 6) is -0.145. The first-order chi connectivity index (χ1) is 15.9. The molecule has 0 aromatic heterocycles. The van der Waals surface area contributed by atoms with E-state index < -0.39 is 10.8 Å². The molecule has 0 saturated carbocycles. The highest BCUT2D eigenvalue weighted by atomic mass is 35.5. The second kappa shape index (κ2) is 10.9. The standard InChI is InChI=1S/C25H20ClN3O4/c1-2-17-3-8-22(9-4-17)28-25(30)20(15-27)13-19-14-21(26)7-12-24(19)33-16-18-5-10-23(11-6-18)29(31)32/h3-14H,2,16H2,1H3,(H,28,30)/b20-13+. The largest absolute Gasteiger partial charge is 0.488 e. The fourth-order valence-electron chi connectivity index (χ4n) is 2.96. The first-order valence-corrected chi connectivity index (χ1v) is 10.4. The molecule has 33 heavy (non-hydrogen) atoms. The minimum Gasteiger partial charge on any atom is -0.488 e. The first kappa shape index (κ1) is 23.5. The van der Waals surface area contributed by atoms with Crippen molar-refractivity contribution in [3.63, 3.8) is 0 Å². The van der Waals surface area contributed by atoms with Crippen LogP contribution >= 0.6 is 11.6 Å². The van der Waals surface area contributed by atoms with Crippen molar-refractivity contribution in [1.82, 2.24) is 0 Å². The third-order valence-electron chi connectivity index (χ3n) is 4.80. The van der Waals surface area contributed by atoms with Crippen molar-refractivity contribution in [3.8, 4) is 11.8 Å². The maximum absolute atomic E-state index is 12.6. The Labute approximate surface area is 196 Å². The number of hydrogen-bond donors (Lipinski definition) is 1. The van der Waals surface area contributed by atoms with Crippen LogP contribution in [0, 0.1) is 21.4 Å². The number of nitriles is 1. The normalized spacial score (nSPS) is 10.9. The molecule has 0 bridgehead atoms. The molecule has 0 heterocycles. The third-order valence-corrected chi connectivity index (χ3v) is 5.03. The van der Waals surface area contributed by atoms with Crippen LogP contribution in [0.3, 0.4) is 0 Å². The summed E-state index contributed by atoms with van der Waals surface area (Å²) >= 11 is 6.11. The van der Waals surface area contributed by atoms with Gasteiger partial charge in [-0.25, -0.2) is 0 Å². The average molecular weight is 462 g/mol. The van der Waals surface area contributed by atoms with Crippen LogP contribution in [0.1, 0.15) is 23.6 Å². The number of benzene rings is 3. The lowest BCUT2D eigenvalue weighted by Gasteiger charge is -2.11. The monoisotopic (exact) mass is 461 g/mol. The van der Waals surface area contributed by atoms with E-state index in [0.717, 1.165) is 17.5 Å². The van der Waals surface area contributed by atoms with Crippen LogP contribution in [0.5, 0.6) is 5.75 Å². The minimum absolute atomic E-state index is 0.0112. The van der Waals surface area contributed by atoms with E-state index in [2.05, 4.69) is 5.32 Å². The maximum atomic E-state index is 12.6. The van der Waals surface area contributed by atoms with E-state index in [0.29, 0.717) is 22.0 Å². The lowest BCUT2D eigenvalue weighted by atomic mass is 10.1. The summed E-state index contributed by atoms with van der Waals surface area (Å²) in [5, 5.41) is 23.5. The van der Waals surface area contributed by atoms with Gasteiger partial charge in [-0.2, -0.15) is 5.26 Å². The minimum atomic E-state index is -0.553. The zero-order chi connectivity index (χ0) is 23.8. The number of carbonyl (C=O) groups excluding carboxylic acids is 1. The molecule has 0 radical (unpaired) electrons. The number of non-ortho nitro benzene ring substituents is 1. The van der Waals surface area contributed by atoms with Crippen molar-refractivity contribution in [3.05, 3.63) is 104 Å². The Kier molecular flexibility index (Phi) is 7.79. The number of anilines is 1. The molecule has 1 N–H and O–H groups in total. The smallest absolute Gasteiger partial charge is 0.269 e. The van der Waals surface area contributed by atoms with Crippen LogP contribution in [0.15, 0.2) is 72.3 Å². The predicted octanol–water partition coefficient (Wildman–Crippen LogP) is 5.94. The van der Waals surface area contributed by atoms with Crippen molar-refractivity contribution in [1.29, 1.82) is 5.26 Å². The molecule has 0 saturated heterocycles. The molecular weight excluding hydrogens is 442 g/mol.